The summed E-state index contributed by atoms with van der Waals surface area (Å²) >= 11 is 0. The van der Waals surface area contributed by atoms with Crippen LogP contribution < -0.4 is 5.32 Å². The fraction of sp³-hybridized carbons (Fsp3) is 0.357. The molecule has 3 amide bonds. The molecular weight excluding hydrogens is 276 g/mol. The summed E-state index contributed by atoms with van der Waals surface area (Å²) in [4.78, 5) is 40.3. The van der Waals surface area contributed by atoms with Gasteiger partial charge in [-0.25, -0.2) is 4.79 Å². The van der Waals surface area contributed by atoms with Gasteiger partial charge < -0.3 is 10.4 Å². The summed E-state index contributed by atoms with van der Waals surface area (Å²) in [6.45, 7) is 0. The molecule has 7 nitrogen and oxygen atoms in total. The number of nitrogens with zero attached hydrogens (tertiary/aromatic N) is 1. The fourth-order valence-electron chi connectivity index (χ4n) is 2.75. The second kappa shape index (κ2) is 5.17. The molecule has 0 unspecified atom stereocenters. The lowest BCUT2D eigenvalue weighted by Crippen LogP contribution is -2.35. The zero-order chi connectivity index (χ0) is 15.0. The molecule has 2 N–H and O–H groups in total. The van der Waals surface area contributed by atoms with E-state index in [0.29, 0.717) is 30.4 Å². The minimum atomic E-state index is -1.08. The molecule has 1 aliphatic heterocycles. The van der Waals surface area contributed by atoms with Gasteiger partial charge in [0.1, 0.15) is 0 Å². The monoisotopic (exact) mass is 290 g/mol. The van der Waals surface area contributed by atoms with Crippen LogP contribution in [0, 0.1) is 0 Å². The van der Waals surface area contributed by atoms with Gasteiger partial charge in [0.25, 0.3) is 11.8 Å². The van der Waals surface area contributed by atoms with Crippen molar-refractivity contribution in [2.45, 2.75) is 31.4 Å². The van der Waals surface area contributed by atoms with Gasteiger partial charge in [-0.15, -0.1) is 5.06 Å². The van der Waals surface area contributed by atoms with E-state index in [0.717, 1.165) is 5.06 Å². The maximum Gasteiger partial charge on any atom is 0.404 e. The molecule has 0 bridgehead atoms. The predicted molar refractivity (Wildman–Crippen MR) is 70.6 cm³/mol. The van der Waals surface area contributed by atoms with Crippen LogP contribution in [0.5, 0.6) is 0 Å². The van der Waals surface area contributed by atoms with Crippen LogP contribution >= 0.6 is 0 Å². The quantitative estimate of drug-likeness (QED) is 0.820. The molecule has 7 heteroatoms. The molecule has 0 radical (unpaired) electrons. The first-order valence-corrected chi connectivity index (χ1v) is 6.70. The number of rotatable bonds is 3. The molecule has 1 heterocycles. The lowest BCUT2D eigenvalue weighted by molar-refractivity contribution is -0.129. The molecule has 2 atom stereocenters. The van der Waals surface area contributed by atoms with Crippen molar-refractivity contribution in [1.29, 1.82) is 0 Å². The molecular formula is C14H14N2O5. The molecule has 1 aromatic carbocycles. The van der Waals surface area contributed by atoms with Crippen LogP contribution in [0.1, 0.15) is 40.0 Å². The molecule has 1 aliphatic carbocycles. The highest BCUT2D eigenvalue weighted by Gasteiger charge is 2.39. The summed E-state index contributed by atoms with van der Waals surface area (Å²) in [5.74, 6) is -0.935. The second-order valence-corrected chi connectivity index (χ2v) is 5.14. The van der Waals surface area contributed by atoms with Gasteiger partial charge in [0.05, 0.1) is 17.2 Å². The summed E-state index contributed by atoms with van der Waals surface area (Å²) in [5.41, 5.74) is 0.668. The summed E-state index contributed by atoms with van der Waals surface area (Å²) in [6, 6.07) is 6.35. The van der Waals surface area contributed by atoms with Gasteiger partial charge >= 0.3 is 6.09 Å². The van der Waals surface area contributed by atoms with E-state index < -0.39 is 17.9 Å². The lowest BCUT2D eigenvalue weighted by atomic mass is 10.1. The Labute approximate surface area is 120 Å². The molecule has 3 rings (SSSR count). The van der Waals surface area contributed by atoms with Crippen molar-refractivity contribution in [2.24, 2.45) is 0 Å². The predicted octanol–water partition coefficient (Wildman–Crippen LogP) is 1.40. The Hall–Kier alpha value is -2.41. The van der Waals surface area contributed by atoms with Crippen molar-refractivity contribution in [3.63, 3.8) is 0 Å². The van der Waals surface area contributed by atoms with Crippen LogP contribution in [0.3, 0.4) is 0 Å². The maximum absolute atomic E-state index is 12.1. The van der Waals surface area contributed by atoms with E-state index >= 15 is 0 Å². The maximum atomic E-state index is 12.1. The highest BCUT2D eigenvalue weighted by Crippen LogP contribution is 2.28. The number of nitrogens with one attached hydrogen (secondary N) is 1. The lowest BCUT2D eigenvalue weighted by Gasteiger charge is -2.18. The smallest absolute Gasteiger partial charge is 0.404 e. The Morgan fingerprint density at radius 1 is 1.19 bits per heavy atom. The number of carboxylic acid groups (broad SMARTS) is 1. The SMILES string of the molecule is O=C(O)N[C@H]1CC[C@H](ON2C(=O)c3ccccc3C2=O)C1. The Balaban J connectivity index is 1.66. The van der Waals surface area contributed by atoms with Crippen LogP contribution in [0.2, 0.25) is 0 Å². The Morgan fingerprint density at radius 3 is 2.38 bits per heavy atom. The topological polar surface area (TPSA) is 95.9 Å². The van der Waals surface area contributed by atoms with Crippen molar-refractivity contribution < 1.29 is 24.3 Å². The van der Waals surface area contributed by atoms with E-state index in [9.17, 15) is 14.4 Å². The highest BCUT2D eigenvalue weighted by molar-refractivity contribution is 6.20. The molecule has 110 valence electrons. The third-order valence-corrected chi connectivity index (χ3v) is 3.72. The Bertz CT molecular complexity index is 580. The van der Waals surface area contributed by atoms with Crippen molar-refractivity contribution in [3.05, 3.63) is 35.4 Å². The highest BCUT2D eigenvalue weighted by atomic mass is 16.7. The number of amides is 3. The molecule has 1 fully saturated rings. The van der Waals surface area contributed by atoms with Crippen LogP contribution in [-0.4, -0.2) is 40.2 Å². The van der Waals surface area contributed by atoms with E-state index in [2.05, 4.69) is 5.32 Å². The first-order chi connectivity index (χ1) is 10.1. The number of hydroxylamine groups is 2. The third-order valence-electron chi connectivity index (χ3n) is 3.72. The normalized spacial score (nSPS) is 24.3. The van der Waals surface area contributed by atoms with Gasteiger partial charge in [-0.1, -0.05) is 12.1 Å². The number of hydrogen-bond donors (Lipinski definition) is 2. The van der Waals surface area contributed by atoms with Gasteiger partial charge in [0.15, 0.2) is 0 Å². The molecule has 2 aliphatic rings. The van der Waals surface area contributed by atoms with Crippen molar-refractivity contribution in [1.82, 2.24) is 10.4 Å². The summed E-state index contributed by atoms with van der Waals surface area (Å²) in [6.07, 6.45) is 0.239. The minimum absolute atomic E-state index is 0.206. The number of carbonyl (C=O) groups is 3. The van der Waals surface area contributed by atoms with E-state index in [4.69, 9.17) is 9.94 Å². The molecule has 21 heavy (non-hydrogen) atoms. The van der Waals surface area contributed by atoms with Crippen LogP contribution in [-0.2, 0) is 4.84 Å². The van der Waals surface area contributed by atoms with Crippen molar-refractivity contribution >= 4 is 17.9 Å². The molecule has 0 spiro atoms. The molecule has 1 aromatic rings. The Kier molecular flexibility index (Phi) is 3.34. The van der Waals surface area contributed by atoms with Gasteiger partial charge in [-0.05, 0) is 31.4 Å². The first-order valence-electron chi connectivity index (χ1n) is 6.70. The van der Waals surface area contributed by atoms with Gasteiger partial charge in [-0.2, -0.15) is 0 Å². The first kappa shape index (κ1) is 13.6. The second-order valence-electron chi connectivity index (χ2n) is 5.14. The zero-order valence-electron chi connectivity index (χ0n) is 11.1. The van der Waals surface area contributed by atoms with E-state index in [-0.39, 0.29) is 12.1 Å². The van der Waals surface area contributed by atoms with Gasteiger partial charge in [0.2, 0.25) is 0 Å². The fourth-order valence-corrected chi connectivity index (χ4v) is 2.75. The summed E-state index contributed by atoms with van der Waals surface area (Å²) in [5, 5.41) is 11.9. The third kappa shape index (κ3) is 2.47. The number of hydrogen-bond acceptors (Lipinski definition) is 4. The Morgan fingerprint density at radius 2 is 1.81 bits per heavy atom. The largest absolute Gasteiger partial charge is 0.465 e. The van der Waals surface area contributed by atoms with E-state index in [1.807, 2.05) is 0 Å². The number of imide groups is 1. The summed E-state index contributed by atoms with van der Waals surface area (Å²) in [7, 11) is 0. The zero-order valence-corrected chi connectivity index (χ0v) is 11.1. The molecule has 0 saturated heterocycles. The van der Waals surface area contributed by atoms with Gasteiger partial charge in [-0.3, -0.25) is 14.4 Å². The average molecular weight is 290 g/mol. The number of benzene rings is 1. The number of fused-ring (bicyclic) bond motifs is 1. The molecule has 0 aromatic heterocycles. The van der Waals surface area contributed by atoms with Crippen LogP contribution in [0.25, 0.3) is 0 Å². The number of carbonyl (C=O) groups excluding carboxylic acids is 2. The minimum Gasteiger partial charge on any atom is -0.465 e. The van der Waals surface area contributed by atoms with Crippen molar-refractivity contribution in [2.75, 3.05) is 0 Å². The average Bonchev–Trinajstić information content (AvgIpc) is 2.98. The van der Waals surface area contributed by atoms with Crippen LogP contribution in [0.4, 0.5) is 4.79 Å². The van der Waals surface area contributed by atoms with Crippen LogP contribution in [0.15, 0.2) is 24.3 Å². The molecule has 1 saturated carbocycles. The van der Waals surface area contributed by atoms with E-state index in [1.165, 1.54) is 0 Å². The standard InChI is InChI=1S/C14H14N2O5/c17-12-10-3-1-2-4-11(10)13(18)16(12)21-9-6-5-8(7-9)15-14(19)20/h1-4,8-9,15H,5-7H2,(H,19,20)/t8-,9-/m0/s1. The van der Waals surface area contributed by atoms with E-state index in [1.54, 1.807) is 24.3 Å². The van der Waals surface area contributed by atoms with Gasteiger partial charge in [0, 0.05) is 6.04 Å². The van der Waals surface area contributed by atoms with Crippen molar-refractivity contribution in [3.8, 4) is 0 Å². The summed E-state index contributed by atoms with van der Waals surface area (Å²) < 4.78 is 0.